The topological polar surface area (TPSA) is 58.1 Å². The number of carbonyl (C=O) groups excluding carboxylic acids is 1. The van der Waals surface area contributed by atoms with E-state index in [0.29, 0.717) is 6.04 Å². The molecule has 1 aromatic heterocycles. The molecule has 0 saturated carbocycles. The maximum Gasteiger partial charge on any atom is 0.217 e. The maximum atomic E-state index is 11.1. The van der Waals surface area contributed by atoms with Gasteiger partial charge in [-0.3, -0.25) is 4.79 Å². The van der Waals surface area contributed by atoms with Gasteiger partial charge >= 0.3 is 0 Å². The molecule has 0 spiro atoms. The molecule has 1 aliphatic rings. The molecule has 1 aromatic rings. The molecule has 0 atom stereocenters. The van der Waals surface area contributed by atoms with Crippen molar-refractivity contribution < 1.29 is 4.79 Å². The van der Waals surface area contributed by atoms with Gasteiger partial charge in [-0.25, -0.2) is 9.97 Å². The van der Waals surface area contributed by atoms with Crippen molar-refractivity contribution >= 4 is 27.7 Å². The Morgan fingerprint density at radius 1 is 1.45 bits per heavy atom. The number of hydrogen-bond acceptors (Lipinski definition) is 4. The van der Waals surface area contributed by atoms with Crippen LogP contribution in [0.15, 0.2) is 10.7 Å². The van der Waals surface area contributed by atoms with E-state index >= 15 is 0 Å². The van der Waals surface area contributed by atoms with Gasteiger partial charge in [0.1, 0.15) is 16.2 Å². The summed E-state index contributed by atoms with van der Waals surface area (Å²) < 4.78 is 0.843. The van der Waals surface area contributed by atoms with Gasteiger partial charge in [0, 0.05) is 38.5 Å². The van der Waals surface area contributed by atoms with Crippen LogP contribution in [-0.2, 0) is 11.2 Å². The molecule has 1 fully saturated rings. The largest absolute Gasteiger partial charge is 0.356 e. The lowest BCUT2D eigenvalue weighted by atomic mass is 10.1. The first kappa shape index (κ1) is 15.2. The minimum atomic E-state index is 0.0541. The van der Waals surface area contributed by atoms with E-state index in [0.717, 1.165) is 55.0 Å². The SMILES string of the molecule is CCCc1nc(Br)cc(N2CCC(NC(C)=O)CC2)n1. The van der Waals surface area contributed by atoms with Crippen molar-refractivity contribution in [3.63, 3.8) is 0 Å². The van der Waals surface area contributed by atoms with E-state index in [1.807, 2.05) is 6.07 Å². The summed E-state index contributed by atoms with van der Waals surface area (Å²) in [5.74, 6) is 1.93. The first-order chi connectivity index (χ1) is 9.58. The van der Waals surface area contributed by atoms with Gasteiger partial charge in [-0.15, -0.1) is 0 Å². The first-order valence-electron chi connectivity index (χ1n) is 7.14. The lowest BCUT2D eigenvalue weighted by Gasteiger charge is -2.33. The number of piperidine rings is 1. The summed E-state index contributed by atoms with van der Waals surface area (Å²) in [6.07, 6.45) is 3.87. The van der Waals surface area contributed by atoms with Crippen LogP contribution < -0.4 is 10.2 Å². The predicted octanol–water partition coefficient (Wildman–Crippen LogP) is 2.30. The van der Waals surface area contributed by atoms with Crippen LogP contribution in [0.4, 0.5) is 5.82 Å². The van der Waals surface area contributed by atoms with E-state index < -0.39 is 0 Å². The van der Waals surface area contributed by atoms with Gasteiger partial charge in [0.05, 0.1) is 0 Å². The number of hydrogen-bond donors (Lipinski definition) is 1. The fourth-order valence-corrected chi connectivity index (χ4v) is 2.90. The van der Waals surface area contributed by atoms with Gasteiger partial charge in [0.25, 0.3) is 0 Å². The highest BCUT2D eigenvalue weighted by atomic mass is 79.9. The van der Waals surface area contributed by atoms with Crippen molar-refractivity contribution in [1.82, 2.24) is 15.3 Å². The molecular weight excluding hydrogens is 320 g/mol. The minimum absolute atomic E-state index is 0.0541. The second-order valence-corrected chi connectivity index (χ2v) is 5.99. The summed E-state index contributed by atoms with van der Waals surface area (Å²) in [7, 11) is 0. The Labute approximate surface area is 128 Å². The predicted molar refractivity (Wildman–Crippen MR) is 82.8 cm³/mol. The minimum Gasteiger partial charge on any atom is -0.356 e. The van der Waals surface area contributed by atoms with Crippen LogP contribution in [0.1, 0.15) is 38.9 Å². The van der Waals surface area contributed by atoms with Gasteiger partial charge in [-0.2, -0.15) is 0 Å². The second kappa shape index (κ2) is 7.02. The highest BCUT2D eigenvalue weighted by Gasteiger charge is 2.21. The molecule has 0 unspecified atom stereocenters. The molecule has 0 bridgehead atoms. The van der Waals surface area contributed by atoms with E-state index in [2.05, 4.69) is 43.0 Å². The highest BCUT2D eigenvalue weighted by Crippen LogP contribution is 2.21. The molecular formula is C14H21BrN4O. The normalized spacial score (nSPS) is 16.2. The van der Waals surface area contributed by atoms with E-state index in [1.54, 1.807) is 6.92 Å². The van der Waals surface area contributed by atoms with Crippen molar-refractivity contribution in [2.24, 2.45) is 0 Å². The van der Waals surface area contributed by atoms with Crippen LogP contribution in [-0.4, -0.2) is 35.0 Å². The van der Waals surface area contributed by atoms with Crippen molar-refractivity contribution in [3.8, 4) is 0 Å². The molecule has 0 radical (unpaired) electrons. The lowest BCUT2D eigenvalue weighted by Crippen LogP contribution is -2.44. The third-order valence-electron chi connectivity index (χ3n) is 3.43. The third-order valence-corrected chi connectivity index (χ3v) is 3.83. The average molecular weight is 341 g/mol. The number of aromatic nitrogens is 2. The van der Waals surface area contributed by atoms with E-state index in [4.69, 9.17) is 0 Å². The maximum absolute atomic E-state index is 11.1. The summed E-state index contributed by atoms with van der Waals surface area (Å²) in [6.45, 7) is 5.54. The van der Waals surface area contributed by atoms with Gasteiger partial charge < -0.3 is 10.2 Å². The summed E-state index contributed by atoms with van der Waals surface area (Å²) in [5.41, 5.74) is 0. The van der Waals surface area contributed by atoms with E-state index in [-0.39, 0.29) is 5.91 Å². The van der Waals surface area contributed by atoms with E-state index in [9.17, 15) is 4.79 Å². The van der Waals surface area contributed by atoms with Crippen LogP contribution in [0, 0.1) is 0 Å². The number of rotatable bonds is 4. The third kappa shape index (κ3) is 4.16. The zero-order valence-corrected chi connectivity index (χ0v) is 13.6. The fraction of sp³-hybridized carbons (Fsp3) is 0.643. The summed E-state index contributed by atoms with van der Waals surface area (Å²) >= 11 is 3.46. The summed E-state index contributed by atoms with van der Waals surface area (Å²) in [4.78, 5) is 22.4. The average Bonchev–Trinajstić information content (AvgIpc) is 2.38. The van der Waals surface area contributed by atoms with E-state index in [1.165, 1.54) is 0 Å². The Morgan fingerprint density at radius 2 is 2.15 bits per heavy atom. The second-order valence-electron chi connectivity index (χ2n) is 5.18. The van der Waals surface area contributed by atoms with Crippen LogP contribution in [0.3, 0.4) is 0 Å². The Morgan fingerprint density at radius 3 is 2.75 bits per heavy atom. The molecule has 1 saturated heterocycles. The molecule has 0 aliphatic carbocycles. The van der Waals surface area contributed by atoms with Gasteiger partial charge in [-0.1, -0.05) is 6.92 Å². The summed E-state index contributed by atoms with van der Waals surface area (Å²) in [5, 5.41) is 2.99. The zero-order chi connectivity index (χ0) is 14.5. The molecule has 110 valence electrons. The highest BCUT2D eigenvalue weighted by molar-refractivity contribution is 9.10. The number of amides is 1. The number of halogens is 1. The molecule has 2 rings (SSSR count). The molecule has 6 heteroatoms. The first-order valence-corrected chi connectivity index (χ1v) is 7.93. The molecule has 1 aliphatic heterocycles. The Hall–Kier alpha value is -1.17. The number of nitrogens with one attached hydrogen (secondary N) is 1. The molecule has 20 heavy (non-hydrogen) atoms. The molecule has 0 aromatic carbocycles. The lowest BCUT2D eigenvalue weighted by molar-refractivity contribution is -0.119. The molecule has 2 heterocycles. The van der Waals surface area contributed by atoms with Crippen molar-refractivity contribution in [2.75, 3.05) is 18.0 Å². The van der Waals surface area contributed by atoms with Gasteiger partial charge in [-0.05, 0) is 35.2 Å². The fourth-order valence-electron chi connectivity index (χ4n) is 2.49. The van der Waals surface area contributed by atoms with Gasteiger partial charge in [0.2, 0.25) is 5.91 Å². The zero-order valence-electron chi connectivity index (χ0n) is 12.0. The smallest absolute Gasteiger partial charge is 0.217 e. The van der Waals surface area contributed by atoms with Crippen LogP contribution in [0.2, 0.25) is 0 Å². The standard InChI is InChI=1S/C14H21BrN4O/c1-3-4-13-17-12(15)9-14(18-13)19-7-5-11(6-8-19)16-10(2)20/h9,11H,3-8H2,1-2H3,(H,16,20). The van der Waals surface area contributed by atoms with Crippen molar-refractivity contribution in [3.05, 3.63) is 16.5 Å². The van der Waals surface area contributed by atoms with Crippen molar-refractivity contribution in [1.29, 1.82) is 0 Å². The van der Waals surface area contributed by atoms with Crippen LogP contribution in [0.25, 0.3) is 0 Å². The number of aryl methyl sites for hydroxylation is 1. The van der Waals surface area contributed by atoms with Gasteiger partial charge in [0.15, 0.2) is 0 Å². The quantitative estimate of drug-likeness (QED) is 0.854. The number of carbonyl (C=O) groups is 1. The van der Waals surface area contributed by atoms with Crippen LogP contribution >= 0.6 is 15.9 Å². The number of nitrogens with zero attached hydrogens (tertiary/aromatic N) is 3. The molecule has 1 N–H and O–H groups in total. The Bertz CT molecular complexity index is 472. The monoisotopic (exact) mass is 340 g/mol. The Kier molecular flexibility index (Phi) is 5.34. The number of anilines is 1. The van der Waals surface area contributed by atoms with Crippen LogP contribution in [0.5, 0.6) is 0 Å². The Balaban J connectivity index is 2.01. The summed E-state index contributed by atoms with van der Waals surface area (Å²) in [6, 6.07) is 2.27. The molecule has 5 nitrogen and oxygen atoms in total. The molecule has 1 amide bonds. The van der Waals surface area contributed by atoms with Crippen molar-refractivity contribution in [2.45, 2.75) is 45.6 Å².